The summed E-state index contributed by atoms with van der Waals surface area (Å²) in [4.78, 5) is 7.95. The minimum Gasteiger partial charge on any atom is -0.508 e. The lowest BCUT2D eigenvalue weighted by Gasteiger charge is -2.09. The van der Waals surface area contributed by atoms with Gasteiger partial charge in [-0.15, -0.1) is 0 Å². The Labute approximate surface area is 183 Å². The zero-order valence-electron chi connectivity index (χ0n) is 17.1. The van der Waals surface area contributed by atoms with Gasteiger partial charge in [-0.2, -0.15) is 13.2 Å². The number of ether oxygens (including phenoxy) is 1. The summed E-state index contributed by atoms with van der Waals surface area (Å²) in [6, 6.07) is 20.0. The lowest BCUT2D eigenvalue weighted by molar-refractivity contribution is -0.153. The molecule has 1 aromatic heterocycles. The quantitative estimate of drug-likeness (QED) is 0.325. The first kappa shape index (κ1) is 21.5. The summed E-state index contributed by atoms with van der Waals surface area (Å²) in [6.45, 7) is 2.33. The van der Waals surface area contributed by atoms with E-state index in [0.29, 0.717) is 18.4 Å². The number of H-pyrrole nitrogens is 1. The van der Waals surface area contributed by atoms with Crippen LogP contribution >= 0.6 is 0 Å². The van der Waals surface area contributed by atoms with Crippen LogP contribution in [0.5, 0.6) is 5.75 Å². The topological polar surface area (TPSA) is 58.1 Å². The third-order valence-corrected chi connectivity index (χ3v) is 5.06. The Morgan fingerprint density at radius 1 is 1.00 bits per heavy atom. The molecule has 0 radical (unpaired) electrons. The molecule has 0 fully saturated rings. The first-order valence-electron chi connectivity index (χ1n) is 10.0. The van der Waals surface area contributed by atoms with Gasteiger partial charge in [-0.25, -0.2) is 4.98 Å². The van der Waals surface area contributed by atoms with Crippen molar-refractivity contribution in [2.45, 2.75) is 19.0 Å². The average molecular weight is 438 g/mol. The first-order chi connectivity index (χ1) is 15.3. The normalized spacial score (nSPS) is 11.6. The van der Waals surface area contributed by atoms with E-state index in [9.17, 15) is 18.3 Å². The van der Waals surface area contributed by atoms with Crippen LogP contribution in [0.2, 0.25) is 0 Å². The summed E-state index contributed by atoms with van der Waals surface area (Å²) in [7, 11) is 0. The summed E-state index contributed by atoms with van der Waals surface area (Å²) < 4.78 is 41.5. The molecular formula is C25H21F3N2O2. The number of benzene rings is 3. The van der Waals surface area contributed by atoms with Gasteiger partial charge in [0.15, 0.2) is 6.61 Å². The highest BCUT2D eigenvalue weighted by molar-refractivity contribution is 5.85. The van der Waals surface area contributed by atoms with E-state index in [1.807, 2.05) is 42.5 Å². The molecule has 4 aromatic rings. The van der Waals surface area contributed by atoms with Crippen LogP contribution in [0.15, 0.2) is 73.3 Å². The Morgan fingerprint density at radius 2 is 1.75 bits per heavy atom. The number of rotatable bonds is 7. The lowest BCUT2D eigenvalue weighted by Crippen LogP contribution is -2.19. The van der Waals surface area contributed by atoms with Crippen molar-refractivity contribution in [3.8, 4) is 16.9 Å². The summed E-state index contributed by atoms with van der Waals surface area (Å²) >= 11 is 0. The van der Waals surface area contributed by atoms with Crippen molar-refractivity contribution in [1.82, 2.24) is 9.97 Å². The van der Waals surface area contributed by atoms with E-state index in [-0.39, 0.29) is 11.5 Å². The largest absolute Gasteiger partial charge is 0.508 e. The summed E-state index contributed by atoms with van der Waals surface area (Å²) in [6.07, 6.45) is -3.02. The fourth-order valence-electron chi connectivity index (χ4n) is 3.52. The van der Waals surface area contributed by atoms with Crippen LogP contribution in [0.4, 0.5) is 13.2 Å². The number of hydrogen-bond donors (Lipinski definition) is 2. The van der Waals surface area contributed by atoms with Gasteiger partial charge < -0.3 is 14.8 Å². The Hall–Kier alpha value is -3.74. The van der Waals surface area contributed by atoms with Crippen molar-refractivity contribution >= 4 is 16.8 Å². The van der Waals surface area contributed by atoms with Gasteiger partial charge in [0.2, 0.25) is 0 Å². The van der Waals surface area contributed by atoms with E-state index < -0.39 is 12.8 Å². The lowest BCUT2D eigenvalue weighted by atomic mass is 9.98. The molecule has 0 aliphatic heterocycles. The summed E-state index contributed by atoms with van der Waals surface area (Å²) in [5, 5.41) is 9.87. The van der Waals surface area contributed by atoms with Gasteiger partial charge in [-0.1, -0.05) is 49.0 Å². The highest BCUT2D eigenvalue weighted by Gasteiger charge is 2.28. The molecule has 164 valence electrons. The van der Waals surface area contributed by atoms with Gasteiger partial charge in [0.1, 0.15) is 17.3 Å². The predicted molar refractivity (Wildman–Crippen MR) is 119 cm³/mol. The van der Waals surface area contributed by atoms with Gasteiger partial charge in [-0.05, 0) is 47.4 Å². The van der Waals surface area contributed by atoms with Gasteiger partial charge in [-0.3, -0.25) is 0 Å². The van der Waals surface area contributed by atoms with E-state index in [1.165, 1.54) is 0 Å². The molecule has 0 atom stereocenters. The van der Waals surface area contributed by atoms with Crippen LogP contribution < -0.4 is 4.74 Å². The molecular weight excluding hydrogens is 417 g/mol. The van der Waals surface area contributed by atoms with Gasteiger partial charge >= 0.3 is 6.18 Å². The monoisotopic (exact) mass is 438 g/mol. The molecule has 0 unspecified atom stereocenters. The van der Waals surface area contributed by atoms with E-state index in [0.717, 1.165) is 33.5 Å². The third-order valence-electron chi connectivity index (χ3n) is 5.06. The third kappa shape index (κ3) is 5.11. The second kappa shape index (κ2) is 8.78. The molecule has 0 bridgehead atoms. The number of aryl methyl sites for hydroxylation is 2. The van der Waals surface area contributed by atoms with Crippen molar-refractivity contribution in [3.05, 3.63) is 90.3 Å². The van der Waals surface area contributed by atoms with Crippen LogP contribution in [0.1, 0.15) is 17.0 Å². The fraction of sp³-hybridized carbons (Fsp3) is 0.160. The minimum atomic E-state index is -4.35. The number of imidazole rings is 1. The van der Waals surface area contributed by atoms with Crippen LogP contribution in [0.3, 0.4) is 0 Å². The number of nitrogens with one attached hydrogen (secondary N) is 1. The number of aliphatic hydroxyl groups excluding tert-OH is 1. The maximum atomic E-state index is 12.2. The molecule has 0 saturated carbocycles. The van der Waals surface area contributed by atoms with E-state index >= 15 is 0 Å². The Bertz CT molecular complexity index is 1240. The zero-order valence-corrected chi connectivity index (χ0v) is 17.1. The molecule has 3 aromatic carbocycles. The molecule has 0 spiro atoms. The fourth-order valence-corrected chi connectivity index (χ4v) is 3.52. The molecule has 7 heteroatoms. The van der Waals surface area contributed by atoms with Gasteiger partial charge in [0.05, 0.1) is 11.0 Å². The Morgan fingerprint density at radius 3 is 2.47 bits per heavy atom. The number of aliphatic hydroxyl groups is 1. The van der Waals surface area contributed by atoms with Gasteiger partial charge in [0, 0.05) is 12.0 Å². The summed E-state index contributed by atoms with van der Waals surface area (Å²) in [5.41, 5.74) is 5.18. The Balaban J connectivity index is 1.45. The maximum absolute atomic E-state index is 12.2. The van der Waals surface area contributed by atoms with Crippen LogP contribution in [-0.2, 0) is 12.8 Å². The van der Waals surface area contributed by atoms with Crippen molar-refractivity contribution in [2.75, 3.05) is 6.61 Å². The number of nitrogens with zero attached hydrogens (tertiary/aromatic N) is 1. The van der Waals surface area contributed by atoms with Crippen LogP contribution in [-0.4, -0.2) is 27.9 Å². The smallest absolute Gasteiger partial charge is 0.422 e. The molecule has 0 aliphatic rings. The van der Waals surface area contributed by atoms with Crippen molar-refractivity contribution in [2.24, 2.45) is 0 Å². The average Bonchev–Trinajstić information content (AvgIpc) is 3.18. The molecule has 0 amide bonds. The molecule has 4 rings (SSSR count). The van der Waals surface area contributed by atoms with E-state index in [4.69, 9.17) is 4.74 Å². The zero-order chi connectivity index (χ0) is 22.7. The van der Waals surface area contributed by atoms with Crippen LogP contribution in [0.25, 0.3) is 27.9 Å². The first-order valence-corrected chi connectivity index (χ1v) is 10.0. The number of hydrogen-bond acceptors (Lipinski definition) is 3. The van der Waals surface area contributed by atoms with E-state index in [1.54, 1.807) is 24.3 Å². The predicted octanol–water partition coefficient (Wildman–Crippen LogP) is 6.48. The number of fused-ring (bicyclic) bond motifs is 1. The highest BCUT2D eigenvalue weighted by Crippen LogP contribution is 2.29. The Kier molecular flexibility index (Phi) is 5.90. The molecule has 1 heterocycles. The molecule has 4 nitrogen and oxygen atoms in total. The molecule has 2 N–H and O–H groups in total. The van der Waals surface area contributed by atoms with Gasteiger partial charge in [0.25, 0.3) is 0 Å². The van der Waals surface area contributed by atoms with Crippen LogP contribution in [0, 0.1) is 0 Å². The maximum Gasteiger partial charge on any atom is 0.422 e. The standard InChI is InChI=1S/C25H21F3N2O2/c1-16(31)20-4-2-3-5-21(20)18-9-12-22-23(14-18)30-24(29-22)13-8-17-6-10-19(11-7-17)32-15-25(26,27)28/h2-7,9-12,14,31H,1,8,13,15H2,(H,29,30). The molecule has 0 saturated heterocycles. The number of alkyl halides is 3. The van der Waals surface area contributed by atoms with Crippen molar-refractivity contribution < 1.29 is 23.0 Å². The second-order valence-electron chi connectivity index (χ2n) is 7.46. The summed E-state index contributed by atoms with van der Waals surface area (Å²) in [5.74, 6) is 1.02. The van der Waals surface area contributed by atoms with Crippen molar-refractivity contribution in [1.29, 1.82) is 0 Å². The second-order valence-corrected chi connectivity index (χ2v) is 7.46. The van der Waals surface area contributed by atoms with Crippen molar-refractivity contribution in [3.63, 3.8) is 0 Å². The SMILES string of the molecule is C=C(O)c1ccccc1-c1ccc2nc(CCc3ccc(OCC(F)(F)F)cc3)[nH]c2c1. The number of halogens is 3. The molecule has 0 aliphatic carbocycles. The number of aromatic nitrogens is 2. The van der Waals surface area contributed by atoms with E-state index in [2.05, 4.69) is 16.5 Å². The minimum absolute atomic E-state index is 0.0146. The highest BCUT2D eigenvalue weighted by atomic mass is 19.4. The number of aromatic amines is 1. The molecule has 32 heavy (non-hydrogen) atoms.